The van der Waals surface area contributed by atoms with Crippen molar-refractivity contribution in [2.75, 3.05) is 19.8 Å². The molecule has 0 radical (unpaired) electrons. The maximum atomic E-state index is 6.24. The zero-order chi connectivity index (χ0) is 14.9. The lowest BCUT2D eigenvalue weighted by molar-refractivity contribution is -0.00524. The molecule has 2 saturated carbocycles. The first-order valence-electron chi connectivity index (χ1n) is 9.37. The maximum absolute atomic E-state index is 6.24. The van der Waals surface area contributed by atoms with Crippen LogP contribution in [-0.4, -0.2) is 35.1 Å². The molecule has 0 heterocycles. The predicted octanol–water partition coefficient (Wildman–Crippen LogP) is 2.99. The van der Waals surface area contributed by atoms with E-state index in [-0.39, 0.29) is 9.52 Å². The van der Waals surface area contributed by atoms with Gasteiger partial charge in [0.1, 0.15) is 0 Å². The summed E-state index contributed by atoms with van der Waals surface area (Å²) in [6, 6.07) is 0. The predicted molar refractivity (Wildman–Crippen MR) is 92.7 cm³/mol. The summed E-state index contributed by atoms with van der Waals surface area (Å²) < 4.78 is 12.3. The highest BCUT2D eigenvalue weighted by Gasteiger charge is 2.36. The molecule has 0 amide bonds. The Morgan fingerprint density at radius 2 is 1.55 bits per heavy atom. The largest absolute Gasteiger partial charge is 0.380 e. The van der Waals surface area contributed by atoms with Gasteiger partial charge in [0.15, 0.2) is 0 Å². The van der Waals surface area contributed by atoms with E-state index in [0.29, 0.717) is 5.73 Å². The van der Waals surface area contributed by atoms with Crippen molar-refractivity contribution in [2.45, 2.75) is 38.0 Å². The van der Waals surface area contributed by atoms with Crippen LogP contribution >= 0.6 is 0 Å². The third kappa shape index (κ3) is 3.13. The molecule has 0 N–H and O–H groups in total. The molecule has 4 aliphatic carbocycles. The lowest BCUT2D eigenvalue weighted by Crippen LogP contribution is -2.30. The second kappa shape index (κ2) is 6.62. The standard InChI is InChI=1S/C19H30O2Si/c1-22-19(21-11-18-9-14-3-5-16(18)7-14)12-20-10-17-8-13-2-4-15(17)6-13/h2-5,13-19H,6-12,22H2,1H3. The van der Waals surface area contributed by atoms with E-state index < -0.39 is 0 Å². The Bertz CT molecular complexity index is 447. The quantitative estimate of drug-likeness (QED) is 0.506. The minimum Gasteiger partial charge on any atom is -0.380 e. The van der Waals surface area contributed by atoms with Crippen LogP contribution in [0.3, 0.4) is 0 Å². The van der Waals surface area contributed by atoms with Crippen molar-refractivity contribution >= 4 is 9.52 Å². The third-order valence-electron chi connectivity index (χ3n) is 6.47. The second-order valence-electron chi connectivity index (χ2n) is 7.98. The minimum atomic E-state index is -0.152. The van der Waals surface area contributed by atoms with Gasteiger partial charge in [-0.15, -0.1) is 0 Å². The first-order chi connectivity index (χ1) is 10.8. The molecule has 0 spiro atoms. The van der Waals surface area contributed by atoms with Gasteiger partial charge in [-0.1, -0.05) is 30.9 Å². The first kappa shape index (κ1) is 15.2. The van der Waals surface area contributed by atoms with Crippen molar-refractivity contribution in [3.63, 3.8) is 0 Å². The number of hydrogen-bond acceptors (Lipinski definition) is 2. The lowest BCUT2D eigenvalue weighted by atomic mass is 9.94. The summed E-state index contributed by atoms with van der Waals surface area (Å²) in [7, 11) is -0.152. The highest BCUT2D eigenvalue weighted by Crippen LogP contribution is 2.44. The van der Waals surface area contributed by atoms with Crippen molar-refractivity contribution < 1.29 is 9.47 Å². The van der Waals surface area contributed by atoms with Crippen LogP contribution in [0.5, 0.6) is 0 Å². The fourth-order valence-corrected chi connectivity index (χ4v) is 5.84. The average Bonchev–Trinajstić information content (AvgIpc) is 3.30. The van der Waals surface area contributed by atoms with Gasteiger partial charge in [-0.3, -0.25) is 0 Å². The van der Waals surface area contributed by atoms with Gasteiger partial charge in [0.05, 0.1) is 35.1 Å². The molecule has 0 aromatic heterocycles. The van der Waals surface area contributed by atoms with Crippen LogP contribution < -0.4 is 0 Å². The molecule has 4 aliphatic rings. The highest BCUT2D eigenvalue weighted by atomic mass is 28.2. The lowest BCUT2D eigenvalue weighted by Gasteiger charge is -2.24. The van der Waals surface area contributed by atoms with Crippen LogP contribution in [0.15, 0.2) is 24.3 Å². The second-order valence-corrected chi connectivity index (χ2v) is 9.71. The molecule has 4 bridgehead atoms. The van der Waals surface area contributed by atoms with Crippen LogP contribution in [0.4, 0.5) is 0 Å². The van der Waals surface area contributed by atoms with Crippen LogP contribution in [0.1, 0.15) is 25.7 Å². The van der Waals surface area contributed by atoms with E-state index in [1.165, 1.54) is 25.7 Å². The van der Waals surface area contributed by atoms with Crippen molar-refractivity contribution in [2.24, 2.45) is 35.5 Å². The van der Waals surface area contributed by atoms with E-state index in [0.717, 1.165) is 55.3 Å². The monoisotopic (exact) mass is 318 g/mol. The SMILES string of the molecule is C[SiH2]C(COCC1CC2C=CC1C2)OCC1CC2C=CC1C2. The molecule has 7 unspecified atom stereocenters. The van der Waals surface area contributed by atoms with Crippen molar-refractivity contribution in [1.82, 2.24) is 0 Å². The average molecular weight is 319 g/mol. The van der Waals surface area contributed by atoms with Crippen LogP contribution in [0.2, 0.25) is 6.55 Å². The molecular weight excluding hydrogens is 288 g/mol. The number of allylic oxidation sites excluding steroid dienone is 4. The van der Waals surface area contributed by atoms with Gasteiger partial charge in [0.25, 0.3) is 0 Å². The molecule has 0 aromatic rings. The molecule has 7 atom stereocenters. The summed E-state index contributed by atoms with van der Waals surface area (Å²) in [5.41, 5.74) is 0.428. The Balaban J connectivity index is 1.15. The molecule has 0 aromatic carbocycles. The van der Waals surface area contributed by atoms with Crippen LogP contribution in [-0.2, 0) is 9.47 Å². The summed E-state index contributed by atoms with van der Waals surface area (Å²) >= 11 is 0. The van der Waals surface area contributed by atoms with E-state index in [9.17, 15) is 0 Å². The Hall–Kier alpha value is -0.383. The van der Waals surface area contributed by atoms with Gasteiger partial charge in [-0.05, 0) is 61.2 Å². The molecule has 122 valence electrons. The van der Waals surface area contributed by atoms with E-state index >= 15 is 0 Å². The zero-order valence-electron chi connectivity index (χ0n) is 13.8. The van der Waals surface area contributed by atoms with Gasteiger partial charge >= 0.3 is 0 Å². The normalized spacial score (nSPS) is 43.1. The smallest absolute Gasteiger partial charge is 0.0692 e. The summed E-state index contributed by atoms with van der Waals surface area (Å²) in [6.07, 6.45) is 15.2. The van der Waals surface area contributed by atoms with Gasteiger partial charge in [-0.25, -0.2) is 0 Å². The van der Waals surface area contributed by atoms with Crippen LogP contribution in [0.25, 0.3) is 0 Å². The number of hydrogen-bond donors (Lipinski definition) is 0. The Morgan fingerprint density at radius 1 is 0.909 bits per heavy atom. The summed E-state index contributed by atoms with van der Waals surface area (Å²) in [4.78, 5) is 0. The van der Waals surface area contributed by atoms with Crippen molar-refractivity contribution in [3.8, 4) is 0 Å². The third-order valence-corrected chi connectivity index (χ3v) is 7.85. The van der Waals surface area contributed by atoms with Crippen molar-refractivity contribution in [3.05, 3.63) is 24.3 Å². The summed E-state index contributed by atoms with van der Waals surface area (Å²) in [5.74, 6) is 4.91. The summed E-state index contributed by atoms with van der Waals surface area (Å²) in [5, 5.41) is 0. The fraction of sp³-hybridized carbons (Fsp3) is 0.789. The van der Waals surface area contributed by atoms with Crippen molar-refractivity contribution in [1.29, 1.82) is 0 Å². The molecule has 2 nitrogen and oxygen atoms in total. The molecular formula is C19H30O2Si. The van der Waals surface area contributed by atoms with Gasteiger partial charge < -0.3 is 9.47 Å². The fourth-order valence-electron chi connectivity index (χ4n) is 5.07. The summed E-state index contributed by atoms with van der Waals surface area (Å²) in [6.45, 7) is 5.12. The van der Waals surface area contributed by atoms with E-state index in [1.807, 2.05) is 0 Å². The Morgan fingerprint density at radius 3 is 2.05 bits per heavy atom. The number of fused-ring (bicyclic) bond motifs is 4. The van der Waals surface area contributed by atoms with Gasteiger partial charge in [0, 0.05) is 0 Å². The van der Waals surface area contributed by atoms with E-state index in [2.05, 4.69) is 30.9 Å². The maximum Gasteiger partial charge on any atom is 0.0692 e. The van der Waals surface area contributed by atoms with Crippen LogP contribution in [0, 0.1) is 35.5 Å². The first-order valence-corrected chi connectivity index (χ1v) is 11.6. The molecule has 4 rings (SSSR count). The molecule has 0 saturated heterocycles. The minimum absolute atomic E-state index is 0.152. The Labute approximate surface area is 137 Å². The van der Waals surface area contributed by atoms with Gasteiger partial charge in [0.2, 0.25) is 0 Å². The Kier molecular flexibility index (Phi) is 4.56. The van der Waals surface area contributed by atoms with E-state index in [1.54, 1.807) is 0 Å². The molecule has 0 aliphatic heterocycles. The number of rotatable bonds is 8. The topological polar surface area (TPSA) is 18.5 Å². The molecule has 22 heavy (non-hydrogen) atoms. The molecule has 3 heteroatoms. The number of ether oxygens (including phenoxy) is 2. The van der Waals surface area contributed by atoms with E-state index in [4.69, 9.17) is 9.47 Å². The molecule has 2 fully saturated rings. The highest BCUT2D eigenvalue weighted by molar-refractivity contribution is 6.35. The van der Waals surface area contributed by atoms with Gasteiger partial charge in [-0.2, -0.15) is 0 Å². The zero-order valence-corrected chi connectivity index (χ0v) is 15.2.